The Morgan fingerprint density at radius 1 is 1.11 bits per heavy atom. The van der Waals surface area contributed by atoms with E-state index in [1.807, 2.05) is 0 Å². The van der Waals surface area contributed by atoms with Gasteiger partial charge in [-0.05, 0) is 36.0 Å². The van der Waals surface area contributed by atoms with E-state index in [1.165, 1.54) is 50.1 Å². The summed E-state index contributed by atoms with van der Waals surface area (Å²) in [4.78, 5) is 0. The summed E-state index contributed by atoms with van der Waals surface area (Å²) >= 11 is 0. The first-order valence-electron chi connectivity index (χ1n) is 10.4. The van der Waals surface area contributed by atoms with Crippen LogP contribution in [0.15, 0.2) is 30.3 Å². The molecule has 0 bridgehead atoms. The van der Waals surface area contributed by atoms with Gasteiger partial charge in [0.15, 0.2) is 0 Å². The minimum Gasteiger partial charge on any atom is -0.312 e. The molecule has 0 spiro atoms. The molecule has 3 aromatic rings. The van der Waals surface area contributed by atoms with Crippen LogP contribution in [0.2, 0.25) is 0 Å². The molecule has 0 N–H and O–H groups in total. The van der Waals surface area contributed by atoms with Gasteiger partial charge in [0, 0.05) is 28.0 Å². The van der Waals surface area contributed by atoms with Crippen molar-refractivity contribution >= 4 is 30.3 Å². The second-order valence-electron chi connectivity index (χ2n) is 9.77. The third kappa shape index (κ3) is 1.80. The molecule has 1 nitrogen and oxygen atoms in total. The van der Waals surface area contributed by atoms with Gasteiger partial charge >= 0.3 is 0 Å². The van der Waals surface area contributed by atoms with Gasteiger partial charge in [-0.25, -0.2) is 0 Å². The monoisotopic (exact) mass is 365 g/mol. The van der Waals surface area contributed by atoms with E-state index in [-0.39, 0.29) is 10.8 Å². The molecule has 0 fully saturated rings. The van der Waals surface area contributed by atoms with Crippen LogP contribution in [0, 0.1) is 6.92 Å². The predicted molar refractivity (Wildman–Crippen MR) is 122 cm³/mol. The maximum Gasteiger partial charge on any atom is 0.114 e. The highest BCUT2D eigenvalue weighted by Crippen LogP contribution is 2.56. The predicted octanol–water partition coefficient (Wildman–Crippen LogP) is 5.80. The number of aromatic nitrogens is 1. The third-order valence-corrected chi connectivity index (χ3v) is 7.71. The van der Waals surface area contributed by atoms with Gasteiger partial charge in [0.1, 0.15) is 7.85 Å². The Bertz CT molecular complexity index is 1200. The molecule has 1 unspecified atom stereocenters. The highest BCUT2D eigenvalue weighted by atomic mass is 15.0. The number of para-hydroxylation sites is 1. The first kappa shape index (κ1) is 17.9. The van der Waals surface area contributed by atoms with Gasteiger partial charge < -0.3 is 4.57 Å². The smallest absolute Gasteiger partial charge is 0.114 e. The first-order valence-corrected chi connectivity index (χ1v) is 10.4. The van der Waals surface area contributed by atoms with Crippen LogP contribution in [0.5, 0.6) is 0 Å². The van der Waals surface area contributed by atoms with E-state index in [2.05, 4.69) is 89.5 Å². The SMILES string of the molecule is [B]c1cc2c3c(c1C)C(C)(C)c1cccc4c(/C=C\C)c(n-3c14)C(C)C2(C)C. The van der Waals surface area contributed by atoms with Crippen molar-refractivity contribution in [2.75, 3.05) is 0 Å². The van der Waals surface area contributed by atoms with E-state index >= 15 is 0 Å². The Hall–Kier alpha value is -2.22. The molecule has 3 heterocycles. The Morgan fingerprint density at radius 3 is 2.50 bits per heavy atom. The second-order valence-corrected chi connectivity index (χ2v) is 9.77. The van der Waals surface area contributed by atoms with Crippen molar-refractivity contribution in [3.8, 4) is 5.69 Å². The summed E-state index contributed by atoms with van der Waals surface area (Å²) in [6.45, 7) is 16.2. The lowest BCUT2D eigenvalue weighted by atomic mass is 9.63. The maximum absolute atomic E-state index is 6.58. The van der Waals surface area contributed by atoms with Crippen molar-refractivity contribution in [3.63, 3.8) is 0 Å². The van der Waals surface area contributed by atoms with E-state index < -0.39 is 0 Å². The lowest BCUT2D eigenvalue weighted by molar-refractivity contribution is 0.404. The molecule has 1 aromatic heterocycles. The van der Waals surface area contributed by atoms with E-state index in [0.29, 0.717) is 5.92 Å². The molecule has 0 saturated heterocycles. The van der Waals surface area contributed by atoms with Crippen LogP contribution >= 0.6 is 0 Å². The zero-order valence-corrected chi connectivity index (χ0v) is 18.1. The van der Waals surface area contributed by atoms with Crippen molar-refractivity contribution in [3.05, 3.63) is 63.9 Å². The van der Waals surface area contributed by atoms with Crippen LogP contribution in [-0.2, 0) is 10.8 Å². The third-order valence-electron chi connectivity index (χ3n) is 7.71. The summed E-state index contributed by atoms with van der Waals surface area (Å²) in [6.07, 6.45) is 4.48. The second kappa shape index (κ2) is 5.23. The molecule has 0 saturated carbocycles. The molecule has 2 aliphatic heterocycles. The quantitative estimate of drug-likeness (QED) is 0.480. The number of nitrogens with zero attached hydrogens (tertiary/aromatic N) is 1. The Labute approximate surface area is 169 Å². The lowest BCUT2D eigenvalue weighted by Gasteiger charge is -2.46. The minimum absolute atomic E-state index is 0.0141. The largest absolute Gasteiger partial charge is 0.312 e. The van der Waals surface area contributed by atoms with Gasteiger partial charge in [0.05, 0.1) is 11.2 Å². The average molecular weight is 365 g/mol. The fraction of sp³-hybridized carbons (Fsp3) is 0.385. The number of rotatable bonds is 1. The first-order chi connectivity index (χ1) is 13.1. The molecule has 28 heavy (non-hydrogen) atoms. The summed E-state index contributed by atoms with van der Waals surface area (Å²) < 4.78 is 2.58. The summed E-state index contributed by atoms with van der Waals surface area (Å²) in [5, 5.41) is 1.37. The fourth-order valence-electron chi connectivity index (χ4n) is 5.87. The standard InChI is InChI=1S/C26H28BN/c1-8-10-16-17-11-9-12-18-23(17)28-22(16)15(3)25(4,5)19-13-20(27)14(2)21(24(19)28)26(18,6)7/h8-13,15H,1-7H3/b10-8-. The van der Waals surface area contributed by atoms with E-state index in [0.717, 1.165) is 5.46 Å². The Balaban J connectivity index is 2.14. The molecule has 0 amide bonds. The summed E-state index contributed by atoms with van der Waals surface area (Å²) in [5.74, 6) is 0.391. The summed E-state index contributed by atoms with van der Waals surface area (Å²) in [5.41, 5.74) is 11.8. The Morgan fingerprint density at radius 2 is 1.82 bits per heavy atom. The highest BCUT2D eigenvalue weighted by molar-refractivity contribution is 6.33. The zero-order valence-electron chi connectivity index (χ0n) is 18.1. The van der Waals surface area contributed by atoms with E-state index in [4.69, 9.17) is 7.85 Å². The fourth-order valence-corrected chi connectivity index (χ4v) is 5.87. The number of benzene rings is 2. The van der Waals surface area contributed by atoms with Gasteiger partial charge in [-0.2, -0.15) is 0 Å². The van der Waals surface area contributed by atoms with Crippen LogP contribution in [0.25, 0.3) is 22.7 Å². The summed E-state index contributed by atoms with van der Waals surface area (Å²) in [6, 6.07) is 9.08. The number of hydrogen-bond donors (Lipinski definition) is 0. The molecule has 5 rings (SSSR count). The van der Waals surface area contributed by atoms with Gasteiger partial charge in [-0.3, -0.25) is 0 Å². The zero-order chi connectivity index (χ0) is 20.2. The minimum atomic E-state index is -0.0848. The number of allylic oxidation sites excluding steroid dienone is 1. The molecule has 2 aliphatic rings. The molecule has 2 heteroatoms. The van der Waals surface area contributed by atoms with Gasteiger partial charge in [-0.1, -0.05) is 82.1 Å². The average Bonchev–Trinajstić information content (AvgIpc) is 2.95. The van der Waals surface area contributed by atoms with Gasteiger partial charge in [-0.15, -0.1) is 0 Å². The molecular weight excluding hydrogens is 337 g/mol. The van der Waals surface area contributed by atoms with Gasteiger partial charge in [0.25, 0.3) is 0 Å². The van der Waals surface area contributed by atoms with Crippen LogP contribution in [0.1, 0.15) is 81.0 Å². The highest BCUT2D eigenvalue weighted by Gasteiger charge is 2.46. The molecular formula is C26H28BN. The lowest BCUT2D eigenvalue weighted by Crippen LogP contribution is -2.40. The topological polar surface area (TPSA) is 4.93 Å². The molecule has 1 atom stereocenters. The molecule has 2 aromatic carbocycles. The maximum atomic E-state index is 6.58. The summed E-state index contributed by atoms with van der Waals surface area (Å²) in [7, 11) is 6.58. The van der Waals surface area contributed by atoms with Crippen molar-refractivity contribution in [1.29, 1.82) is 0 Å². The van der Waals surface area contributed by atoms with Crippen LogP contribution in [-0.4, -0.2) is 12.4 Å². The van der Waals surface area contributed by atoms with Crippen molar-refractivity contribution in [2.24, 2.45) is 0 Å². The van der Waals surface area contributed by atoms with Crippen LogP contribution in [0.3, 0.4) is 0 Å². The van der Waals surface area contributed by atoms with Crippen molar-refractivity contribution in [2.45, 2.75) is 65.2 Å². The molecule has 0 aliphatic carbocycles. The van der Waals surface area contributed by atoms with E-state index in [1.54, 1.807) is 0 Å². The molecule has 2 radical (unpaired) electrons. The number of hydrogen-bond acceptors (Lipinski definition) is 0. The Kier molecular flexibility index (Phi) is 3.33. The van der Waals surface area contributed by atoms with Crippen molar-refractivity contribution in [1.82, 2.24) is 4.57 Å². The van der Waals surface area contributed by atoms with Crippen LogP contribution in [0.4, 0.5) is 0 Å². The van der Waals surface area contributed by atoms with Crippen LogP contribution < -0.4 is 5.46 Å². The van der Waals surface area contributed by atoms with Crippen molar-refractivity contribution < 1.29 is 0 Å². The molecule has 140 valence electrons. The normalized spacial score (nSPS) is 20.9. The van der Waals surface area contributed by atoms with E-state index in [9.17, 15) is 0 Å². The van der Waals surface area contributed by atoms with Gasteiger partial charge in [0.2, 0.25) is 0 Å².